The van der Waals surface area contributed by atoms with Crippen LogP contribution in [-0.4, -0.2) is 47.0 Å². The molecule has 0 saturated heterocycles. The zero-order valence-corrected chi connectivity index (χ0v) is 19.6. The second-order valence-electron chi connectivity index (χ2n) is 7.69. The molecule has 0 saturated carbocycles. The first-order chi connectivity index (χ1) is 15.1. The van der Waals surface area contributed by atoms with E-state index in [1.54, 1.807) is 11.8 Å². The first-order valence-electron chi connectivity index (χ1n) is 10.4. The molecule has 1 aliphatic rings. The van der Waals surface area contributed by atoms with Gasteiger partial charge in [0, 0.05) is 5.75 Å². The van der Waals surface area contributed by atoms with E-state index in [-0.39, 0.29) is 6.04 Å². The van der Waals surface area contributed by atoms with Crippen LogP contribution in [0.5, 0.6) is 11.5 Å². The van der Waals surface area contributed by atoms with E-state index in [4.69, 9.17) is 21.1 Å². The number of rotatable bonds is 8. The van der Waals surface area contributed by atoms with Crippen molar-refractivity contribution in [3.05, 3.63) is 64.4 Å². The van der Waals surface area contributed by atoms with E-state index in [0.717, 1.165) is 29.5 Å². The molecule has 1 aliphatic heterocycles. The minimum absolute atomic E-state index is 0.203. The molecule has 3 aromatic rings. The average Bonchev–Trinajstić information content (AvgIpc) is 3.15. The zero-order chi connectivity index (χ0) is 21.8. The normalized spacial score (nSPS) is 14.1. The van der Waals surface area contributed by atoms with Crippen LogP contribution in [-0.2, 0) is 12.3 Å². The zero-order valence-electron chi connectivity index (χ0n) is 18.0. The molecule has 1 atom stereocenters. The number of benzene rings is 2. The van der Waals surface area contributed by atoms with Gasteiger partial charge in [-0.05, 0) is 43.8 Å². The largest absolute Gasteiger partial charge is 0.486 e. The summed E-state index contributed by atoms with van der Waals surface area (Å²) in [6, 6.07) is 14.6. The topological polar surface area (TPSA) is 52.4 Å². The van der Waals surface area contributed by atoms with Gasteiger partial charge in [0.1, 0.15) is 13.2 Å². The Bertz CT molecular complexity index is 1030. The molecule has 164 valence electrons. The minimum Gasteiger partial charge on any atom is -0.486 e. The molecule has 0 amide bonds. The molecule has 0 unspecified atom stereocenters. The maximum absolute atomic E-state index is 6.41. The van der Waals surface area contributed by atoms with Gasteiger partial charge in [0.05, 0.1) is 17.6 Å². The third-order valence-corrected chi connectivity index (χ3v) is 6.58. The molecular weight excluding hydrogens is 432 g/mol. The molecule has 1 aromatic heterocycles. The predicted molar refractivity (Wildman–Crippen MR) is 124 cm³/mol. The number of thioether (sulfide) groups is 1. The lowest BCUT2D eigenvalue weighted by Gasteiger charge is -2.23. The summed E-state index contributed by atoms with van der Waals surface area (Å²) < 4.78 is 13.6. The van der Waals surface area contributed by atoms with Gasteiger partial charge >= 0.3 is 0 Å². The van der Waals surface area contributed by atoms with Crippen LogP contribution in [0.25, 0.3) is 0 Å². The fourth-order valence-electron chi connectivity index (χ4n) is 3.74. The maximum atomic E-state index is 6.41. The van der Waals surface area contributed by atoms with Crippen LogP contribution in [0.4, 0.5) is 0 Å². The van der Waals surface area contributed by atoms with Crippen molar-refractivity contribution in [1.82, 2.24) is 19.7 Å². The summed E-state index contributed by atoms with van der Waals surface area (Å²) in [7, 11) is 4.17. The van der Waals surface area contributed by atoms with Gasteiger partial charge in [-0.25, -0.2) is 0 Å². The van der Waals surface area contributed by atoms with Crippen molar-refractivity contribution in [3.8, 4) is 11.5 Å². The molecule has 0 bridgehead atoms. The van der Waals surface area contributed by atoms with Crippen LogP contribution in [0.3, 0.4) is 0 Å². The number of fused-ring (bicyclic) bond motifs is 1. The van der Waals surface area contributed by atoms with E-state index in [1.807, 2.05) is 18.2 Å². The molecule has 8 heteroatoms. The third-order valence-electron chi connectivity index (χ3n) is 5.26. The van der Waals surface area contributed by atoms with Gasteiger partial charge < -0.3 is 14.0 Å². The Morgan fingerprint density at radius 3 is 2.61 bits per heavy atom. The smallest absolute Gasteiger partial charge is 0.191 e. The molecule has 0 spiro atoms. The Morgan fingerprint density at radius 1 is 1.10 bits per heavy atom. The van der Waals surface area contributed by atoms with Gasteiger partial charge in [-0.15, -0.1) is 10.2 Å². The van der Waals surface area contributed by atoms with E-state index < -0.39 is 0 Å². The summed E-state index contributed by atoms with van der Waals surface area (Å²) >= 11 is 8.07. The molecule has 2 heterocycles. The second-order valence-corrected chi connectivity index (χ2v) is 9.04. The van der Waals surface area contributed by atoms with E-state index in [9.17, 15) is 0 Å². The Hall–Kier alpha value is -2.22. The second kappa shape index (κ2) is 9.94. The molecule has 31 heavy (non-hydrogen) atoms. The lowest BCUT2D eigenvalue weighted by Crippen LogP contribution is -2.23. The first-order valence-corrected chi connectivity index (χ1v) is 11.8. The van der Waals surface area contributed by atoms with Gasteiger partial charge in [-0.1, -0.05) is 60.6 Å². The number of ether oxygens (including phenoxy) is 2. The summed E-state index contributed by atoms with van der Waals surface area (Å²) in [5, 5.41) is 10.6. The molecule has 0 N–H and O–H groups in total. The maximum Gasteiger partial charge on any atom is 0.191 e. The summed E-state index contributed by atoms with van der Waals surface area (Å²) in [5.41, 5.74) is 2.29. The fraction of sp³-hybridized carbons (Fsp3) is 0.391. The van der Waals surface area contributed by atoms with Crippen molar-refractivity contribution in [2.75, 3.05) is 27.3 Å². The van der Waals surface area contributed by atoms with Crippen LogP contribution in [0.2, 0.25) is 5.02 Å². The lowest BCUT2D eigenvalue weighted by atomic mass is 10.2. The highest BCUT2D eigenvalue weighted by Crippen LogP contribution is 2.39. The van der Waals surface area contributed by atoms with Crippen molar-refractivity contribution in [1.29, 1.82) is 0 Å². The Kier molecular flexibility index (Phi) is 7.05. The van der Waals surface area contributed by atoms with Gasteiger partial charge in [-0.2, -0.15) is 0 Å². The summed E-state index contributed by atoms with van der Waals surface area (Å²) in [6.45, 7) is 3.97. The van der Waals surface area contributed by atoms with Crippen LogP contribution < -0.4 is 9.47 Å². The highest BCUT2D eigenvalue weighted by atomic mass is 35.5. The first kappa shape index (κ1) is 22.0. The number of aromatic nitrogens is 3. The van der Waals surface area contributed by atoms with Gasteiger partial charge in [0.15, 0.2) is 22.5 Å². The van der Waals surface area contributed by atoms with Crippen LogP contribution in [0.15, 0.2) is 47.6 Å². The highest BCUT2D eigenvalue weighted by Gasteiger charge is 2.23. The summed E-state index contributed by atoms with van der Waals surface area (Å²) in [5.74, 6) is 3.04. The number of nitrogens with zero attached hydrogens (tertiary/aromatic N) is 4. The Balaban J connectivity index is 1.60. The van der Waals surface area contributed by atoms with Crippen molar-refractivity contribution in [2.45, 2.75) is 36.8 Å². The Labute approximate surface area is 192 Å². The molecule has 0 radical (unpaired) electrons. The third kappa shape index (κ3) is 5.00. The molecule has 6 nitrogen and oxygen atoms in total. The molecular formula is C23H27ClN4O2S. The quantitative estimate of drug-likeness (QED) is 0.440. The highest BCUT2D eigenvalue weighted by molar-refractivity contribution is 7.98. The van der Waals surface area contributed by atoms with Crippen molar-refractivity contribution >= 4 is 23.4 Å². The standard InChI is InChI=1S/C23H27ClN4O2S/c1-4-19(27(2)3)22-25-26-23(28(22)14-16-8-6-5-7-9-16)31-15-17-12-18(24)21-20(13-17)29-10-11-30-21/h5-9,12-13,19H,4,10-11,14-15H2,1-3H3/t19-/m1/s1. The minimum atomic E-state index is 0.203. The van der Waals surface area contributed by atoms with Crippen molar-refractivity contribution in [3.63, 3.8) is 0 Å². The molecule has 2 aromatic carbocycles. The summed E-state index contributed by atoms with van der Waals surface area (Å²) in [6.07, 6.45) is 0.961. The molecule has 0 aliphatic carbocycles. The monoisotopic (exact) mass is 458 g/mol. The van der Waals surface area contributed by atoms with Crippen LogP contribution >= 0.6 is 23.4 Å². The fourth-order valence-corrected chi connectivity index (χ4v) is 4.90. The van der Waals surface area contributed by atoms with E-state index in [2.05, 4.69) is 64.9 Å². The Morgan fingerprint density at radius 2 is 1.87 bits per heavy atom. The van der Waals surface area contributed by atoms with Crippen molar-refractivity contribution < 1.29 is 9.47 Å². The molecule has 0 fully saturated rings. The predicted octanol–water partition coefficient (Wildman–Crippen LogP) is 5.06. The van der Waals surface area contributed by atoms with Crippen LogP contribution in [0.1, 0.15) is 36.3 Å². The average molecular weight is 459 g/mol. The number of hydrogen-bond acceptors (Lipinski definition) is 6. The van der Waals surface area contributed by atoms with E-state index in [0.29, 0.717) is 35.5 Å². The van der Waals surface area contributed by atoms with Crippen LogP contribution in [0, 0.1) is 0 Å². The van der Waals surface area contributed by atoms with Gasteiger partial charge in [0.2, 0.25) is 0 Å². The summed E-state index contributed by atoms with van der Waals surface area (Å²) in [4.78, 5) is 2.19. The van der Waals surface area contributed by atoms with E-state index >= 15 is 0 Å². The number of halogens is 1. The molecule has 4 rings (SSSR count). The van der Waals surface area contributed by atoms with Gasteiger partial charge in [0.25, 0.3) is 0 Å². The lowest BCUT2D eigenvalue weighted by molar-refractivity contribution is 0.171. The van der Waals surface area contributed by atoms with E-state index in [1.165, 1.54) is 5.56 Å². The SMILES string of the molecule is CC[C@H](c1nnc(SCc2cc(Cl)c3c(c2)OCCO3)n1Cc1ccccc1)N(C)C. The number of hydrogen-bond donors (Lipinski definition) is 0. The van der Waals surface area contributed by atoms with Gasteiger partial charge in [-0.3, -0.25) is 4.90 Å². The van der Waals surface area contributed by atoms with Crippen molar-refractivity contribution in [2.24, 2.45) is 0 Å².